The summed E-state index contributed by atoms with van der Waals surface area (Å²) in [6.45, 7) is 2.39. The van der Waals surface area contributed by atoms with Gasteiger partial charge in [0.2, 0.25) is 5.91 Å². The molecule has 0 fully saturated rings. The first kappa shape index (κ1) is 16.7. The molecule has 7 heteroatoms. The Morgan fingerprint density at radius 2 is 2.29 bits per heavy atom. The van der Waals surface area contributed by atoms with Crippen LogP contribution < -0.4 is 15.8 Å². The van der Waals surface area contributed by atoms with E-state index in [4.69, 9.17) is 10.5 Å². The van der Waals surface area contributed by atoms with Crippen molar-refractivity contribution in [2.75, 3.05) is 31.2 Å². The Morgan fingerprint density at radius 1 is 1.46 bits per heavy atom. The van der Waals surface area contributed by atoms with E-state index in [2.05, 4.69) is 22.2 Å². The van der Waals surface area contributed by atoms with Gasteiger partial charge in [0.15, 0.2) is 5.13 Å². The van der Waals surface area contributed by atoms with Gasteiger partial charge in [-0.1, -0.05) is 12.1 Å². The molecule has 0 radical (unpaired) electrons. The van der Waals surface area contributed by atoms with Crippen LogP contribution >= 0.6 is 11.3 Å². The highest BCUT2D eigenvalue weighted by Crippen LogP contribution is 2.27. The highest BCUT2D eigenvalue weighted by molar-refractivity contribution is 7.15. The number of nitrogens with zero attached hydrogens (tertiary/aromatic N) is 2. The number of para-hydroxylation sites is 2. The van der Waals surface area contributed by atoms with Gasteiger partial charge in [-0.05, 0) is 25.6 Å². The van der Waals surface area contributed by atoms with Gasteiger partial charge in [-0.3, -0.25) is 4.79 Å². The molecule has 2 aromatic rings. The monoisotopic (exact) mass is 346 g/mol. The number of benzene rings is 1. The molecule has 1 aromatic heterocycles. The van der Waals surface area contributed by atoms with Gasteiger partial charge in [-0.15, -0.1) is 11.3 Å². The van der Waals surface area contributed by atoms with Gasteiger partial charge >= 0.3 is 0 Å². The molecule has 3 rings (SSSR count). The zero-order valence-corrected chi connectivity index (χ0v) is 14.6. The number of nitrogens with one attached hydrogen (secondary N) is 1. The third-order valence-corrected chi connectivity index (χ3v) is 4.89. The van der Waals surface area contributed by atoms with Gasteiger partial charge in [0, 0.05) is 30.8 Å². The lowest BCUT2D eigenvalue weighted by molar-refractivity contribution is -0.116. The van der Waals surface area contributed by atoms with Crippen molar-refractivity contribution in [1.82, 2.24) is 9.88 Å². The van der Waals surface area contributed by atoms with E-state index in [1.165, 1.54) is 4.88 Å². The van der Waals surface area contributed by atoms with Crippen LogP contribution in [0.1, 0.15) is 23.4 Å². The number of anilines is 2. The van der Waals surface area contributed by atoms with Crippen molar-refractivity contribution < 1.29 is 9.53 Å². The van der Waals surface area contributed by atoms with E-state index in [0.717, 1.165) is 25.2 Å². The molecular formula is C17H22N4O2S. The summed E-state index contributed by atoms with van der Waals surface area (Å²) in [6, 6.07) is 7.36. The fourth-order valence-corrected chi connectivity index (χ4v) is 3.69. The summed E-state index contributed by atoms with van der Waals surface area (Å²) >= 11 is 1.57. The predicted molar refractivity (Wildman–Crippen MR) is 96.4 cm³/mol. The van der Waals surface area contributed by atoms with E-state index in [-0.39, 0.29) is 5.91 Å². The largest absolute Gasteiger partial charge is 0.491 e. The highest BCUT2D eigenvalue weighted by atomic mass is 32.1. The molecule has 1 aromatic carbocycles. The van der Waals surface area contributed by atoms with E-state index in [1.807, 2.05) is 18.2 Å². The molecule has 0 aliphatic carbocycles. The molecule has 0 saturated carbocycles. The SMILES string of the molecule is CN1CCc2nc(NC(=O)CCCOc3ccccc3N)sc2C1. The zero-order valence-electron chi connectivity index (χ0n) is 13.7. The summed E-state index contributed by atoms with van der Waals surface area (Å²) in [7, 11) is 2.10. The minimum atomic E-state index is -0.0286. The molecule has 0 bridgehead atoms. The van der Waals surface area contributed by atoms with Crippen molar-refractivity contribution in [3.05, 3.63) is 34.8 Å². The Hall–Kier alpha value is -2.12. The molecule has 6 nitrogen and oxygen atoms in total. The first-order valence-corrected chi connectivity index (χ1v) is 8.88. The molecule has 1 aliphatic heterocycles. The quantitative estimate of drug-likeness (QED) is 0.620. The summed E-state index contributed by atoms with van der Waals surface area (Å²) in [5.74, 6) is 0.633. The van der Waals surface area contributed by atoms with E-state index in [1.54, 1.807) is 17.4 Å². The van der Waals surface area contributed by atoms with Crippen LogP contribution in [0.15, 0.2) is 24.3 Å². The van der Waals surface area contributed by atoms with Crippen LogP contribution in [0.2, 0.25) is 0 Å². The number of ether oxygens (including phenoxy) is 1. The Labute approximate surface area is 145 Å². The molecular weight excluding hydrogens is 324 g/mol. The van der Waals surface area contributed by atoms with Crippen LogP contribution in [0.5, 0.6) is 5.75 Å². The lowest BCUT2D eigenvalue weighted by Gasteiger charge is -2.20. The first-order valence-electron chi connectivity index (χ1n) is 8.06. The maximum Gasteiger partial charge on any atom is 0.226 e. The van der Waals surface area contributed by atoms with Gasteiger partial charge < -0.3 is 20.7 Å². The highest BCUT2D eigenvalue weighted by Gasteiger charge is 2.18. The maximum absolute atomic E-state index is 12.0. The summed E-state index contributed by atoms with van der Waals surface area (Å²) in [6.07, 6.45) is 1.98. The normalized spacial score (nSPS) is 14.2. The number of nitrogen functional groups attached to an aromatic ring is 1. The Kier molecular flexibility index (Phi) is 5.32. The second-order valence-corrected chi connectivity index (χ2v) is 7.00. The average Bonchev–Trinajstić information content (AvgIpc) is 2.94. The molecule has 0 saturated heterocycles. The molecule has 0 unspecified atom stereocenters. The number of nitrogens with two attached hydrogens (primary N) is 1. The molecule has 1 aliphatic rings. The van der Waals surface area contributed by atoms with Crippen molar-refractivity contribution in [3.8, 4) is 5.75 Å². The number of likely N-dealkylation sites (N-methyl/N-ethyl adjacent to an activating group) is 1. The van der Waals surface area contributed by atoms with Gasteiger partial charge in [-0.25, -0.2) is 4.98 Å². The Balaban J connectivity index is 1.42. The first-order chi connectivity index (χ1) is 11.6. The Bertz CT molecular complexity index is 716. The number of fused-ring (bicyclic) bond motifs is 1. The van der Waals surface area contributed by atoms with E-state index in [9.17, 15) is 4.79 Å². The van der Waals surface area contributed by atoms with Crippen LogP contribution in [0.4, 0.5) is 10.8 Å². The fraction of sp³-hybridized carbons (Fsp3) is 0.412. The van der Waals surface area contributed by atoms with E-state index in [0.29, 0.717) is 36.0 Å². The van der Waals surface area contributed by atoms with Crippen molar-refractivity contribution in [1.29, 1.82) is 0 Å². The Morgan fingerprint density at radius 3 is 3.12 bits per heavy atom. The summed E-state index contributed by atoms with van der Waals surface area (Å²) in [5, 5.41) is 3.60. The number of rotatable bonds is 6. The van der Waals surface area contributed by atoms with Gasteiger partial charge in [0.1, 0.15) is 5.75 Å². The number of hydrogen-bond acceptors (Lipinski definition) is 6. The standard InChI is InChI=1S/C17H22N4O2S/c1-21-9-8-13-15(11-21)24-17(19-13)20-16(22)7-4-10-23-14-6-3-2-5-12(14)18/h2-3,5-6H,4,7-11,18H2,1H3,(H,19,20,22). The van der Waals surface area contributed by atoms with Crippen LogP contribution in [-0.2, 0) is 17.8 Å². The van der Waals surface area contributed by atoms with Crippen molar-refractivity contribution >= 4 is 28.1 Å². The number of carbonyl (C=O) groups excluding carboxylic acids is 1. The van der Waals surface area contributed by atoms with Crippen LogP contribution in [-0.4, -0.2) is 36.0 Å². The van der Waals surface area contributed by atoms with Crippen LogP contribution in [0.3, 0.4) is 0 Å². The number of amides is 1. The van der Waals surface area contributed by atoms with Crippen molar-refractivity contribution in [3.63, 3.8) is 0 Å². The zero-order chi connectivity index (χ0) is 16.9. The second-order valence-electron chi connectivity index (χ2n) is 5.91. The topological polar surface area (TPSA) is 80.5 Å². The lowest BCUT2D eigenvalue weighted by Crippen LogP contribution is -2.25. The van der Waals surface area contributed by atoms with Crippen molar-refractivity contribution in [2.45, 2.75) is 25.8 Å². The number of carbonyl (C=O) groups is 1. The number of thiazole rings is 1. The molecule has 24 heavy (non-hydrogen) atoms. The van der Waals surface area contributed by atoms with Gasteiger partial charge in [-0.2, -0.15) is 0 Å². The van der Waals surface area contributed by atoms with Crippen LogP contribution in [0.25, 0.3) is 0 Å². The predicted octanol–water partition coefficient (Wildman–Crippen LogP) is 2.51. The molecule has 0 atom stereocenters. The van der Waals surface area contributed by atoms with Gasteiger partial charge in [0.25, 0.3) is 0 Å². The third kappa shape index (κ3) is 4.24. The van der Waals surface area contributed by atoms with Gasteiger partial charge in [0.05, 0.1) is 18.0 Å². The van der Waals surface area contributed by atoms with Crippen molar-refractivity contribution in [2.24, 2.45) is 0 Å². The summed E-state index contributed by atoms with van der Waals surface area (Å²) < 4.78 is 5.59. The molecule has 0 spiro atoms. The third-order valence-electron chi connectivity index (χ3n) is 3.89. The molecule has 128 valence electrons. The average molecular weight is 346 g/mol. The van der Waals surface area contributed by atoms with Crippen LogP contribution in [0, 0.1) is 0 Å². The van der Waals surface area contributed by atoms with E-state index >= 15 is 0 Å². The number of aromatic nitrogens is 1. The fourth-order valence-electron chi connectivity index (χ4n) is 2.59. The molecule has 1 amide bonds. The van der Waals surface area contributed by atoms with E-state index < -0.39 is 0 Å². The summed E-state index contributed by atoms with van der Waals surface area (Å²) in [4.78, 5) is 20.1. The molecule has 3 N–H and O–H groups in total. The lowest BCUT2D eigenvalue weighted by atomic mass is 10.2. The second kappa shape index (κ2) is 7.63. The smallest absolute Gasteiger partial charge is 0.226 e. The minimum absolute atomic E-state index is 0.0286. The molecule has 2 heterocycles. The maximum atomic E-state index is 12.0. The number of hydrogen-bond donors (Lipinski definition) is 2. The summed E-state index contributed by atoms with van der Waals surface area (Å²) in [5.41, 5.74) is 7.54. The minimum Gasteiger partial charge on any atom is -0.491 e.